The topological polar surface area (TPSA) is 3.24 Å². The van der Waals surface area contributed by atoms with Gasteiger partial charge in [-0.1, -0.05) is 141 Å². The van der Waals surface area contributed by atoms with Gasteiger partial charge in [0.25, 0.3) is 0 Å². The molecule has 0 unspecified atom stereocenters. The van der Waals surface area contributed by atoms with Gasteiger partial charge in [0.15, 0.2) is 0 Å². The lowest BCUT2D eigenvalue weighted by Gasteiger charge is -2.26. The van der Waals surface area contributed by atoms with Crippen molar-refractivity contribution in [1.29, 1.82) is 0 Å². The highest BCUT2D eigenvalue weighted by atomic mass is 15.1. The van der Waals surface area contributed by atoms with Crippen LogP contribution in [-0.4, -0.2) is 0 Å². The summed E-state index contributed by atoms with van der Waals surface area (Å²) in [6.45, 7) is 6.14. The molecule has 1 nitrogen and oxygen atoms in total. The fraction of sp³-hybridized carbons (Fsp3) is 0.0769. The molecule has 6 aromatic rings. The highest BCUT2D eigenvalue weighted by Crippen LogP contribution is 2.37. The van der Waals surface area contributed by atoms with E-state index in [0.29, 0.717) is 0 Å². The molecule has 0 saturated carbocycles. The molecule has 0 heterocycles. The van der Waals surface area contributed by atoms with Crippen molar-refractivity contribution < 1.29 is 0 Å². The van der Waals surface area contributed by atoms with E-state index < -0.39 is 0 Å². The number of aryl methyl sites for hydroxylation is 1. The molecule has 0 fully saturated rings. The standard InChI is InChI=1S/C37H29N.C2H6/c1-28-9-8-14-34(27-28)33-19-25-37(26-20-33)38(35-21-15-31(16-22-35)29-10-4-2-5-11-29)36-23-17-32(18-24-36)30-12-6-3-7-13-30;1-2/h2-27H,1H3;1-2H3. The van der Waals surface area contributed by atoms with E-state index >= 15 is 0 Å². The zero-order valence-electron chi connectivity index (χ0n) is 23.5. The number of nitrogens with zero attached hydrogens (tertiary/aromatic N) is 1. The molecule has 0 bridgehead atoms. The van der Waals surface area contributed by atoms with Crippen molar-refractivity contribution in [2.24, 2.45) is 0 Å². The Kier molecular flexibility index (Phi) is 8.53. The normalized spacial score (nSPS) is 10.4. The lowest BCUT2D eigenvalue weighted by molar-refractivity contribution is 1.28. The van der Waals surface area contributed by atoms with Crippen LogP contribution in [0.25, 0.3) is 33.4 Å². The van der Waals surface area contributed by atoms with E-state index in [2.05, 4.69) is 170 Å². The molecule has 6 aromatic carbocycles. The van der Waals surface area contributed by atoms with Gasteiger partial charge < -0.3 is 4.90 Å². The molecule has 0 aliphatic carbocycles. The molecule has 40 heavy (non-hydrogen) atoms. The van der Waals surface area contributed by atoms with Gasteiger partial charge in [-0.05, 0) is 76.7 Å². The first-order valence-electron chi connectivity index (χ1n) is 14.0. The summed E-state index contributed by atoms with van der Waals surface area (Å²) in [6.07, 6.45) is 0. The van der Waals surface area contributed by atoms with E-state index in [1.165, 1.54) is 38.9 Å². The summed E-state index contributed by atoms with van der Waals surface area (Å²) in [5.41, 5.74) is 12.0. The third-order valence-electron chi connectivity index (χ3n) is 6.94. The van der Waals surface area contributed by atoms with Crippen LogP contribution in [-0.2, 0) is 0 Å². The van der Waals surface area contributed by atoms with Crippen LogP contribution in [0.15, 0.2) is 158 Å². The van der Waals surface area contributed by atoms with E-state index in [1.807, 2.05) is 13.8 Å². The summed E-state index contributed by atoms with van der Waals surface area (Å²) in [5, 5.41) is 0. The monoisotopic (exact) mass is 517 g/mol. The minimum atomic E-state index is 1.13. The molecule has 0 N–H and O–H groups in total. The Morgan fingerprint density at radius 1 is 0.325 bits per heavy atom. The first-order valence-corrected chi connectivity index (χ1v) is 14.0. The Bertz CT molecular complexity index is 1530. The maximum Gasteiger partial charge on any atom is 0.0462 e. The third-order valence-corrected chi connectivity index (χ3v) is 6.94. The van der Waals surface area contributed by atoms with E-state index in [-0.39, 0.29) is 0 Å². The molecule has 0 atom stereocenters. The van der Waals surface area contributed by atoms with Crippen molar-refractivity contribution in [3.8, 4) is 33.4 Å². The highest BCUT2D eigenvalue weighted by Gasteiger charge is 2.13. The van der Waals surface area contributed by atoms with Crippen LogP contribution in [0.1, 0.15) is 19.4 Å². The van der Waals surface area contributed by atoms with Crippen LogP contribution in [0, 0.1) is 6.92 Å². The van der Waals surface area contributed by atoms with Gasteiger partial charge in [0, 0.05) is 17.1 Å². The zero-order valence-corrected chi connectivity index (χ0v) is 23.5. The van der Waals surface area contributed by atoms with E-state index in [1.54, 1.807) is 0 Å². The molecule has 0 radical (unpaired) electrons. The van der Waals surface area contributed by atoms with Crippen LogP contribution in [0.5, 0.6) is 0 Å². The van der Waals surface area contributed by atoms with Gasteiger partial charge in [0.2, 0.25) is 0 Å². The van der Waals surface area contributed by atoms with Gasteiger partial charge in [0.1, 0.15) is 0 Å². The van der Waals surface area contributed by atoms with Crippen LogP contribution in [0.4, 0.5) is 17.1 Å². The predicted octanol–water partition coefficient (Wildman–Crippen LogP) is 11.5. The largest absolute Gasteiger partial charge is 0.311 e. The number of benzene rings is 6. The van der Waals surface area contributed by atoms with Crippen molar-refractivity contribution >= 4 is 17.1 Å². The van der Waals surface area contributed by atoms with Gasteiger partial charge >= 0.3 is 0 Å². The molecular formula is C39H35N. The molecule has 0 aromatic heterocycles. The summed E-state index contributed by atoms with van der Waals surface area (Å²) in [6, 6.07) is 56.2. The lowest BCUT2D eigenvalue weighted by atomic mass is 10.0. The minimum Gasteiger partial charge on any atom is -0.311 e. The van der Waals surface area contributed by atoms with E-state index in [9.17, 15) is 0 Å². The number of hydrogen-bond acceptors (Lipinski definition) is 1. The van der Waals surface area contributed by atoms with Crippen LogP contribution < -0.4 is 4.90 Å². The van der Waals surface area contributed by atoms with E-state index in [4.69, 9.17) is 0 Å². The van der Waals surface area contributed by atoms with Crippen LogP contribution in [0.2, 0.25) is 0 Å². The average Bonchev–Trinajstić information content (AvgIpc) is 3.04. The Hall–Kier alpha value is -4.88. The fourth-order valence-corrected chi connectivity index (χ4v) is 4.94. The quantitative estimate of drug-likeness (QED) is 0.212. The third kappa shape index (κ3) is 6.06. The number of hydrogen-bond donors (Lipinski definition) is 0. The smallest absolute Gasteiger partial charge is 0.0462 e. The van der Waals surface area contributed by atoms with Crippen molar-refractivity contribution in [2.45, 2.75) is 20.8 Å². The molecular weight excluding hydrogens is 482 g/mol. The Morgan fingerprint density at radius 3 is 1.02 bits per heavy atom. The fourth-order valence-electron chi connectivity index (χ4n) is 4.94. The van der Waals surface area contributed by atoms with Crippen molar-refractivity contribution in [3.05, 3.63) is 163 Å². The van der Waals surface area contributed by atoms with Crippen molar-refractivity contribution in [2.75, 3.05) is 4.90 Å². The molecule has 0 spiro atoms. The first kappa shape index (κ1) is 26.7. The zero-order chi connectivity index (χ0) is 27.7. The summed E-state index contributed by atoms with van der Waals surface area (Å²) >= 11 is 0. The second-order valence-electron chi connectivity index (χ2n) is 9.58. The SMILES string of the molecule is CC.Cc1cccc(-c2ccc(N(c3ccc(-c4ccccc4)cc3)c3ccc(-c4ccccc4)cc3)cc2)c1. The van der Waals surface area contributed by atoms with E-state index in [0.717, 1.165) is 17.1 Å². The maximum atomic E-state index is 2.32. The molecule has 0 aliphatic heterocycles. The summed E-state index contributed by atoms with van der Waals surface area (Å²) in [7, 11) is 0. The van der Waals surface area contributed by atoms with Crippen LogP contribution in [0.3, 0.4) is 0 Å². The van der Waals surface area contributed by atoms with Gasteiger partial charge in [-0.3, -0.25) is 0 Å². The highest BCUT2D eigenvalue weighted by molar-refractivity contribution is 5.81. The summed E-state index contributed by atoms with van der Waals surface area (Å²) in [4.78, 5) is 2.32. The Balaban J connectivity index is 0.00000158. The number of anilines is 3. The molecule has 1 heteroatoms. The van der Waals surface area contributed by atoms with Crippen molar-refractivity contribution in [3.63, 3.8) is 0 Å². The van der Waals surface area contributed by atoms with Gasteiger partial charge in [0.05, 0.1) is 0 Å². The van der Waals surface area contributed by atoms with Gasteiger partial charge in [-0.25, -0.2) is 0 Å². The molecule has 196 valence electrons. The Morgan fingerprint density at radius 2 is 0.650 bits per heavy atom. The average molecular weight is 518 g/mol. The summed E-state index contributed by atoms with van der Waals surface area (Å²) in [5.74, 6) is 0. The maximum absolute atomic E-state index is 2.32. The van der Waals surface area contributed by atoms with Gasteiger partial charge in [-0.2, -0.15) is 0 Å². The van der Waals surface area contributed by atoms with Crippen molar-refractivity contribution in [1.82, 2.24) is 0 Å². The summed E-state index contributed by atoms with van der Waals surface area (Å²) < 4.78 is 0. The van der Waals surface area contributed by atoms with Gasteiger partial charge in [-0.15, -0.1) is 0 Å². The minimum absolute atomic E-state index is 1.13. The molecule has 0 saturated heterocycles. The second kappa shape index (κ2) is 12.8. The lowest BCUT2D eigenvalue weighted by Crippen LogP contribution is -2.09. The predicted molar refractivity (Wildman–Crippen MR) is 174 cm³/mol. The van der Waals surface area contributed by atoms with Crippen LogP contribution >= 0.6 is 0 Å². The second-order valence-corrected chi connectivity index (χ2v) is 9.58. The molecule has 0 amide bonds. The molecule has 0 aliphatic rings. The Labute approximate surface area is 239 Å². The molecule has 6 rings (SSSR count). The number of rotatable bonds is 6. The first-order chi connectivity index (χ1) is 19.7.